The average molecular weight is 164 g/mol. The van der Waals surface area contributed by atoms with Gasteiger partial charge in [0.25, 0.3) is 0 Å². The first kappa shape index (κ1) is 10.2. The minimum atomic E-state index is -0.736. The lowest BCUT2D eigenvalue weighted by Crippen LogP contribution is -2.00. The zero-order valence-electron chi connectivity index (χ0n) is 6.31. The molecule has 0 saturated carbocycles. The van der Waals surface area contributed by atoms with Crippen molar-refractivity contribution in [2.45, 2.75) is 0 Å². The summed E-state index contributed by atoms with van der Waals surface area (Å²) in [6.45, 7) is 0. The van der Waals surface area contributed by atoms with Gasteiger partial charge in [-0.25, -0.2) is 4.79 Å². The summed E-state index contributed by atoms with van der Waals surface area (Å²) in [5.74, 6) is -0.736. The van der Waals surface area contributed by atoms with Crippen molar-refractivity contribution in [1.29, 1.82) is 0 Å². The Labute approximate surface area is 70.5 Å². The molecule has 0 fully saturated rings. The molecule has 0 radical (unpaired) electrons. The molecule has 3 heteroatoms. The number of carbonyl (C=O) groups excluding carboxylic acids is 1. The Kier molecular flexibility index (Phi) is 5.07. The monoisotopic (exact) mass is 164 g/mol. The van der Waals surface area contributed by atoms with Crippen LogP contribution in [-0.2, 0) is 4.89 Å². The van der Waals surface area contributed by atoms with Crippen LogP contribution in [0.5, 0.6) is 0 Å². The predicted molar refractivity (Wildman–Crippen MR) is 44.4 cm³/mol. The van der Waals surface area contributed by atoms with Crippen molar-refractivity contribution in [2.75, 3.05) is 0 Å². The van der Waals surface area contributed by atoms with E-state index in [0.717, 1.165) is 0 Å². The molecule has 0 bridgehead atoms. The summed E-state index contributed by atoms with van der Waals surface area (Å²) in [5, 5.41) is 7.94. The molecule has 1 aromatic rings. The molecule has 0 spiro atoms. The standard InChI is InChI=1S/C7H6O3.C2H2/c8-7(10-9)6-4-2-1-3-5-6;1-2/h1-5,9H;1-2H. The third-order valence-corrected chi connectivity index (χ3v) is 1.09. The Bertz CT molecular complexity index is 251. The molecule has 0 atom stereocenters. The highest BCUT2D eigenvalue weighted by molar-refractivity contribution is 5.88. The van der Waals surface area contributed by atoms with Gasteiger partial charge in [0.2, 0.25) is 0 Å². The van der Waals surface area contributed by atoms with Crippen molar-refractivity contribution in [1.82, 2.24) is 0 Å². The van der Waals surface area contributed by atoms with Crippen molar-refractivity contribution in [3.05, 3.63) is 35.9 Å². The van der Waals surface area contributed by atoms with Crippen molar-refractivity contribution < 1.29 is 14.9 Å². The Hall–Kier alpha value is -1.79. The minimum absolute atomic E-state index is 0.338. The molecular formula is C9H8O3. The minimum Gasteiger partial charge on any atom is -0.296 e. The second kappa shape index (κ2) is 5.96. The summed E-state index contributed by atoms with van der Waals surface area (Å²) in [7, 11) is 0. The topological polar surface area (TPSA) is 46.5 Å². The zero-order valence-corrected chi connectivity index (χ0v) is 6.31. The lowest BCUT2D eigenvalue weighted by molar-refractivity contribution is -0.182. The van der Waals surface area contributed by atoms with E-state index in [-0.39, 0.29) is 0 Å². The largest absolute Gasteiger partial charge is 0.372 e. The Morgan fingerprint density at radius 1 is 1.25 bits per heavy atom. The van der Waals surface area contributed by atoms with Crippen LogP contribution in [-0.4, -0.2) is 11.2 Å². The third kappa shape index (κ3) is 2.86. The van der Waals surface area contributed by atoms with E-state index in [9.17, 15) is 4.79 Å². The van der Waals surface area contributed by atoms with Gasteiger partial charge < -0.3 is 0 Å². The molecule has 3 nitrogen and oxygen atoms in total. The Morgan fingerprint density at radius 2 is 1.75 bits per heavy atom. The molecule has 0 saturated heterocycles. The van der Waals surface area contributed by atoms with E-state index in [1.54, 1.807) is 30.3 Å². The van der Waals surface area contributed by atoms with E-state index < -0.39 is 5.97 Å². The number of terminal acetylenes is 1. The predicted octanol–water partition coefficient (Wildman–Crippen LogP) is 1.57. The summed E-state index contributed by atoms with van der Waals surface area (Å²) in [5.41, 5.74) is 0.338. The summed E-state index contributed by atoms with van der Waals surface area (Å²) in [6.07, 6.45) is 8.00. The second-order valence-corrected chi connectivity index (χ2v) is 1.74. The van der Waals surface area contributed by atoms with Gasteiger partial charge in [-0.2, -0.15) is 5.26 Å². The number of hydrogen-bond acceptors (Lipinski definition) is 3. The quantitative estimate of drug-likeness (QED) is 0.389. The smallest absolute Gasteiger partial charge is 0.296 e. The lowest BCUT2D eigenvalue weighted by Gasteiger charge is -1.92. The van der Waals surface area contributed by atoms with Crippen molar-refractivity contribution >= 4 is 5.97 Å². The van der Waals surface area contributed by atoms with Gasteiger partial charge in [0.15, 0.2) is 0 Å². The highest BCUT2D eigenvalue weighted by Crippen LogP contribution is 1.98. The normalized spacial score (nSPS) is 7.58. The first-order valence-corrected chi connectivity index (χ1v) is 3.08. The SMILES string of the molecule is C#C.O=C(OO)c1ccccc1. The van der Waals surface area contributed by atoms with E-state index in [1.165, 1.54) is 0 Å². The van der Waals surface area contributed by atoms with Crippen LogP contribution >= 0.6 is 0 Å². The van der Waals surface area contributed by atoms with Crippen molar-refractivity contribution in [3.8, 4) is 12.8 Å². The fourth-order valence-corrected chi connectivity index (χ4v) is 0.627. The summed E-state index contributed by atoms with van der Waals surface area (Å²) < 4.78 is 0. The van der Waals surface area contributed by atoms with Crippen LogP contribution < -0.4 is 0 Å². The molecule has 0 aromatic heterocycles. The van der Waals surface area contributed by atoms with E-state index in [2.05, 4.69) is 17.7 Å². The van der Waals surface area contributed by atoms with E-state index in [4.69, 9.17) is 5.26 Å². The van der Waals surface area contributed by atoms with E-state index >= 15 is 0 Å². The van der Waals surface area contributed by atoms with Gasteiger partial charge >= 0.3 is 5.97 Å². The van der Waals surface area contributed by atoms with E-state index in [1.807, 2.05) is 0 Å². The molecule has 1 rings (SSSR count). The number of carbonyl (C=O) groups is 1. The van der Waals surface area contributed by atoms with Crippen molar-refractivity contribution in [2.24, 2.45) is 0 Å². The highest BCUT2D eigenvalue weighted by Gasteiger charge is 2.02. The van der Waals surface area contributed by atoms with Gasteiger partial charge in [-0.05, 0) is 12.1 Å². The van der Waals surface area contributed by atoms with Gasteiger partial charge in [-0.3, -0.25) is 4.89 Å². The Morgan fingerprint density at radius 3 is 2.17 bits per heavy atom. The van der Waals surface area contributed by atoms with E-state index in [0.29, 0.717) is 5.56 Å². The van der Waals surface area contributed by atoms with Crippen LogP contribution in [0.25, 0.3) is 0 Å². The number of rotatable bonds is 1. The van der Waals surface area contributed by atoms with Crippen LogP contribution in [0.1, 0.15) is 10.4 Å². The number of hydrogen-bond donors (Lipinski definition) is 1. The number of benzene rings is 1. The van der Waals surface area contributed by atoms with Crippen LogP contribution in [0.2, 0.25) is 0 Å². The third-order valence-electron chi connectivity index (χ3n) is 1.09. The second-order valence-electron chi connectivity index (χ2n) is 1.74. The molecule has 0 aliphatic carbocycles. The maximum atomic E-state index is 10.5. The summed E-state index contributed by atoms with van der Waals surface area (Å²) >= 11 is 0. The van der Waals surface area contributed by atoms with Crippen LogP contribution in [0.3, 0.4) is 0 Å². The summed E-state index contributed by atoms with van der Waals surface area (Å²) in [6, 6.07) is 8.25. The van der Waals surface area contributed by atoms with Gasteiger partial charge in [-0.15, -0.1) is 12.8 Å². The molecular weight excluding hydrogens is 156 g/mol. The fraction of sp³-hybridized carbons (Fsp3) is 0. The van der Waals surface area contributed by atoms with Gasteiger partial charge in [0.05, 0.1) is 5.56 Å². The van der Waals surface area contributed by atoms with Gasteiger partial charge in [-0.1, -0.05) is 18.2 Å². The van der Waals surface area contributed by atoms with Crippen LogP contribution in [0.15, 0.2) is 30.3 Å². The van der Waals surface area contributed by atoms with Crippen LogP contribution in [0, 0.1) is 12.8 Å². The fourth-order valence-electron chi connectivity index (χ4n) is 0.627. The molecule has 0 amide bonds. The molecule has 0 aliphatic rings. The lowest BCUT2D eigenvalue weighted by atomic mass is 10.2. The molecule has 0 heterocycles. The first-order chi connectivity index (χ1) is 5.84. The first-order valence-electron chi connectivity index (χ1n) is 3.08. The Balaban J connectivity index is 0.000000561. The maximum Gasteiger partial charge on any atom is 0.372 e. The molecule has 62 valence electrons. The van der Waals surface area contributed by atoms with Crippen LogP contribution in [0.4, 0.5) is 0 Å². The molecule has 12 heavy (non-hydrogen) atoms. The molecule has 1 N–H and O–H groups in total. The average Bonchev–Trinajstić information content (AvgIpc) is 2.21. The molecule has 0 aliphatic heterocycles. The van der Waals surface area contributed by atoms with Gasteiger partial charge in [0, 0.05) is 0 Å². The maximum absolute atomic E-state index is 10.5. The van der Waals surface area contributed by atoms with Gasteiger partial charge in [0.1, 0.15) is 0 Å². The molecule has 0 unspecified atom stereocenters. The summed E-state index contributed by atoms with van der Waals surface area (Å²) in [4.78, 5) is 14.0. The van der Waals surface area contributed by atoms with Crippen molar-refractivity contribution in [3.63, 3.8) is 0 Å². The molecule has 1 aromatic carbocycles. The zero-order chi connectivity index (χ0) is 9.40. The highest BCUT2D eigenvalue weighted by atomic mass is 17.1.